The third kappa shape index (κ3) is 3.33. The van der Waals surface area contributed by atoms with E-state index in [0.717, 1.165) is 24.0 Å². The second-order valence-corrected chi connectivity index (χ2v) is 8.08. The molecule has 8 heteroatoms. The minimum Gasteiger partial charge on any atom is -0.463 e. The van der Waals surface area contributed by atoms with Crippen LogP contribution in [0.4, 0.5) is 0 Å². The topological polar surface area (TPSA) is 90.1 Å². The van der Waals surface area contributed by atoms with Crippen LogP contribution in [0.2, 0.25) is 0 Å². The first-order valence-electron chi connectivity index (χ1n) is 9.64. The Morgan fingerprint density at radius 1 is 1.27 bits per heavy atom. The number of ether oxygens (including phenoxy) is 1. The van der Waals surface area contributed by atoms with E-state index in [9.17, 15) is 9.59 Å². The molecule has 0 atom stereocenters. The van der Waals surface area contributed by atoms with Crippen molar-refractivity contribution in [2.75, 3.05) is 7.11 Å². The molecule has 1 saturated carbocycles. The first kappa shape index (κ1) is 18.7. The summed E-state index contributed by atoms with van der Waals surface area (Å²) in [5.74, 6) is 0.718. The number of carbonyl (C=O) groups is 1. The molecule has 0 radical (unpaired) electrons. The summed E-state index contributed by atoms with van der Waals surface area (Å²) in [7, 11) is 1.31. The van der Waals surface area contributed by atoms with E-state index in [4.69, 9.17) is 9.40 Å². The van der Waals surface area contributed by atoms with Gasteiger partial charge in [-0.05, 0) is 30.5 Å². The minimum absolute atomic E-state index is 0.0538. The summed E-state index contributed by atoms with van der Waals surface area (Å²) < 4.78 is 12.0. The Bertz CT molecular complexity index is 1280. The van der Waals surface area contributed by atoms with Gasteiger partial charge in [0.05, 0.1) is 12.9 Å². The quantitative estimate of drug-likeness (QED) is 0.282. The number of hydrogen-bond donors (Lipinski definition) is 1. The number of fused-ring (bicyclic) bond motifs is 1. The number of carbonyl (C=O) groups excluding carboxylic acids is 1. The number of esters is 1. The third-order valence-corrected chi connectivity index (χ3v) is 6.06. The van der Waals surface area contributed by atoms with Crippen molar-refractivity contribution in [2.24, 2.45) is 0 Å². The monoisotopic (exact) mass is 421 g/mol. The summed E-state index contributed by atoms with van der Waals surface area (Å²) in [6, 6.07) is 13.4. The Morgan fingerprint density at radius 2 is 2.07 bits per heavy atom. The zero-order valence-corrected chi connectivity index (χ0v) is 17.1. The molecule has 1 aliphatic rings. The Kier molecular flexibility index (Phi) is 4.71. The summed E-state index contributed by atoms with van der Waals surface area (Å²) in [6.45, 7) is 0. The highest BCUT2D eigenvalue weighted by Crippen LogP contribution is 2.38. The van der Waals surface area contributed by atoms with Crippen LogP contribution in [0.15, 0.2) is 63.0 Å². The van der Waals surface area contributed by atoms with Gasteiger partial charge >= 0.3 is 5.97 Å². The number of methoxy groups -OCH3 is 1. The molecule has 3 heterocycles. The molecule has 30 heavy (non-hydrogen) atoms. The van der Waals surface area contributed by atoms with Crippen LogP contribution in [0.3, 0.4) is 0 Å². The minimum atomic E-state index is -0.513. The van der Waals surface area contributed by atoms with Crippen molar-refractivity contribution >= 4 is 28.8 Å². The second-order valence-electron chi connectivity index (χ2n) is 7.14. The van der Waals surface area contributed by atoms with E-state index in [2.05, 4.69) is 9.72 Å². The van der Waals surface area contributed by atoms with Crippen molar-refractivity contribution in [1.82, 2.24) is 14.5 Å². The van der Waals surface area contributed by atoms with Crippen LogP contribution in [0, 0.1) is 0 Å². The standard InChI is InChI=1S/C22H19N3O4S/c1-28-21(27)17-10-9-15(29-17)12-30-22-24-18-16(13-5-3-2-4-6-13)11-23-19(18)20(26)25(22)14-7-8-14/h2-6,9-11,14,23H,7-8,12H2,1H3. The molecule has 0 bridgehead atoms. The summed E-state index contributed by atoms with van der Waals surface area (Å²) in [4.78, 5) is 32.8. The van der Waals surface area contributed by atoms with E-state index in [-0.39, 0.29) is 17.4 Å². The smallest absolute Gasteiger partial charge is 0.373 e. The molecule has 0 spiro atoms. The van der Waals surface area contributed by atoms with Crippen molar-refractivity contribution in [1.29, 1.82) is 0 Å². The molecule has 0 aliphatic heterocycles. The molecule has 3 aromatic heterocycles. The van der Waals surface area contributed by atoms with Gasteiger partial charge in [0.2, 0.25) is 5.76 Å². The molecular weight excluding hydrogens is 402 g/mol. The molecule has 4 aromatic rings. The van der Waals surface area contributed by atoms with E-state index in [1.54, 1.807) is 16.7 Å². The molecule has 5 rings (SSSR count). The van der Waals surface area contributed by atoms with Crippen LogP contribution in [-0.2, 0) is 10.5 Å². The van der Waals surface area contributed by atoms with E-state index in [1.807, 2.05) is 36.5 Å². The fourth-order valence-electron chi connectivity index (χ4n) is 3.45. The Labute approximate surface area is 176 Å². The molecule has 1 N–H and O–H groups in total. The third-order valence-electron chi connectivity index (χ3n) is 5.09. The Balaban J connectivity index is 1.53. The SMILES string of the molecule is COC(=O)c1ccc(CSc2nc3c(-c4ccccc4)c[nH]c3c(=O)n2C2CC2)o1. The molecular formula is C22H19N3O4S. The molecule has 0 amide bonds. The van der Waals surface area contributed by atoms with Crippen LogP contribution >= 0.6 is 11.8 Å². The molecule has 152 valence electrons. The van der Waals surface area contributed by atoms with Gasteiger partial charge in [-0.2, -0.15) is 0 Å². The molecule has 1 aromatic carbocycles. The maximum Gasteiger partial charge on any atom is 0.373 e. The van der Waals surface area contributed by atoms with Gasteiger partial charge in [-0.25, -0.2) is 9.78 Å². The second kappa shape index (κ2) is 7.53. The number of furan rings is 1. The number of nitrogens with zero attached hydrogens (tertiary/aromatic N) is 2. The van der Waals surface area contributed by atoms with Gasteiger partial charge < -0.3 is 14.1 Å². The first-order chi connectivity index (χ1) is 14.7. The lowest BCUT2D eigenvalue weighted by atomic mass is 10.1. The number of H-pyrrole nitrogens is 1. The summed E-state index contributed by atoms with van der Waals surface area (Å²) >= 11 is 1.43. The van der Waals surface area contributed by atoms with Gasteiger partial charge in [0.25, 0.3) is 5.56 Å². The Morgan fingerprint density at radius 3 is 2.80 bits per heavy atom. The van der Waals surface area contributed by atoms with Crippen LogP contribution in [0.1, 0.15) is 35.2 Å². The molecule has 1 fully saturated rings. The van der Waals surface area contributed by atoms with Gasteiger partial charge in [0.15, 0.2) is 5.16 Å². The zero-order chi connectivity index (χ0) is 20.7. The highest BCUT2D eigenvalue weighted by Gasteiger charge is 2.29. The number of benzene rings is 1. The average molecular weight is 421 g/mol. The number of hydrogen-bond acceptors (Lipinski definition) is 6. The van der Waals surface area contributed by atoms with Crippen molar-refractivity contribution < 1.29 is 13.9 Å². The van der Waals surface area contributed by atoms with Gasteiger partial charge in [-0.15, -0.1) is 0 Å². The van der Waals surface area contributed by atoms with Crippen molar-refractivity contribution in [3.8, 4) is 11.1 Å². The molecule has 0 unspecified atom stereocenters. The van der Waals surface area contributed by atoms with Gasteiger partial charge in [0, 0.05) is 17.8 Å². The maximum absolute atomic E-state index is 13.2. The zero-order valence-electron chi connectivity index (χ0n) is 16.3. The van der Waals surface area contributed by atoms with E-state index in [1.165, 1.54) is 18.9 Å². The highest BCUT2D eigenvalue weighted by atomic mass is 32.2. The van der Waals surface area contributed by atoms with E-state index < -0.39 is 5.97 Å². The van der Waals surface area contributed by atoms with Crippen LogP contribution in [-0.4, -0.2) is 27.6 Å². The largest absolute Gasteiger partial charge is 0.463 e. The van der Waals surface area contributed by atoms with Gasteiger partial charge in [-0.1, -0.05) is 42.1 Å². The number of thioether (sulfide) groups is 1. The maximum atomic E-state index is 13.2. The fraction of sp³-hybridized carbons (Fsp3) is 0.227. The van der Waals surface area contributed by atoms with Crippen molar-refractivity contribution in [3.05, 3.63) is 70.5 Å². The molecule has 0 saturated heterocycles. The van der Waals surface area contributed by atoms with Crippen LogP contribution in [0.5, 0.6) is 0 Å². The van der Waals surface area contributed by atoms with Gasteiger partial charge in [-0.3, -0.25) is 9.36 Å². The van der Waals surface area contributed by atoms with Crippen LogP contribution in [0.25, 0.3) is 22.2 Å². The normalized spacial score (nSPS) is 13.6. The fourth-order valence-corrected chi connectivity index (χ4v) is 4.40. The number of nitrogens with one attached hydrogen (secondary N) is 1. The van der Waals surface area contributed by atoms with Crippen LogP contribution < -0.4 is 5.56 Å². The predicted octanol–water partition coefficient (Wildman–Crippen LogP) is 4.40. The number of rotatable bonds is 6. The Hall–Kier alpha value is -3.26. The van der Waals surface area contributed by atoms with E-state index >= 15 is 0 Å². The summed E-state index contributed by atoms with van der Waals surface area (Å²) in [5.41, 5.74) is 3.04. The lowest BCUT2D eigenvalue weighted by Gasteiger charge is -2.11. The lowest BCUT2D eigenvalue weighted by molar-refractivity contribution is 0.0563. The summed E-state index contributed by atoms with van der Waals surface area (Å²) in [6.07, 6.45) is 3.79. The number of aromatic nitrogens is 3. The first-order valence-corrected chi connectivity index (χ1v) is 10.6. The van der Waals surface area contributed by atoms with Gasteiger partial charge in [0.1, 0.15) is 16.8 Å². The summed E-state index contributed by atoms with van der Waals surface area (Å²) in [5, 5.41) is 0.655. The van der Waals surface area contributed by atoms with E-state index in [0.29, 0.717) is 27.7 Å². The lowest BCUT2D eigenvalue weighted by Crippen LogP contribution is -2.22. The highest BCUT2D eigenvalue weighted by molar-refractivity contribution is 7.98. The average Bonchev–Trinajstić information content (AvgIpc) is 3.33. The predicted molar refractivity (Wildman–Crippen MR) is 114 cm³/mol. The van der Waals surface area contributed by atoms with Crippen molar-refractivity contribution in [2.45, 2.75) is 29.8 Å². The molecule has 7 nitrogen and oxygen atoms in total. The van der Waals surface area contributed by atoms with Crippen molar-refractivity contribution in [3.63, 3.8) is 0 Å². The molecule has 1 aliphatic carbocycles. The number of aromatic amines is 1.